The van der Waals surface area contributed by atoms with Gasteiger partial charge in [-0.25, -0.2) is 0 Å². The minimum atomic E-state index is -1.04. The number of aliphatic carboxylic acids is 2. The van der Waals surface area contributed by atoms with Crippen molar-refractivity contribution in [2.75, 3.05) is 6.54 Å². The topological polar surface area (TPSA) is 133 Å². The maximum atomic E-state index is 10.3. The summed E-state index contributed by atoms with van der Waals surface area (Å²) >= 11 is 0. The number of nitrogens with one attached hydrogen (secondary N) is 1. The fourth-order valence-corrected chi connectivity index (χ4v) is 0.736. The van der Waals surface area contributed by atoms with Crippen LogP contribution in [0.5, 0.6) is 0 Å². The van der Waals surface area contributed by atoms with Crippen LogP contribution in [0.2, 0.25) is 0 Å². The normalized spacial score (nSPS) is 11.2. The van der Waals surface area contributed by atoms with Gasteiger partial charge in [-0.1, -0.05) is 6.92 Å². The molecule has 7 nitrogen and oxygen atoms in total. The molecule has 0 unspecified atom stereocenters. The summed E-state index contributed by atoms with van der Waals surface area (Å²) in [6.45, 7) is 2.15. The van der Waals surface area contributed by atoms with E-state index in [1.54, 1.807) is 12.4 Å². The molecule has 1 atom stereocenters. The Morgan fingerprint density at radius 2 is 1.81 bits per heavy atom. The summed E-state index contributed by atoms with van der Waals surface area (Å²) in [5, 5.41) is 24.5. The zero-order valence-electron chi connectivity index (χ0n) is 9.35. The fourth-order valence-electron chi connectivity index (χ4n) is 0.736. The Hall–Kier alpha value is -1.18. The van der Waals surface area contributed by atoms with Crippen molar-refractivity contribution in [3.63, 3.8) is 0 Å². The third-order valence-corrected chi connectivity index (χ3v) is 1.70. The van der Waals surface area contributed by atoms with E-state index in [0.29, 0.717) is 19.4 Å². The molecule has 0 rings (SSSR count). The fraction of sp³-hybridized carbons (Fsp3) is 0.778. The van der Waals surface area contributed by atoms with Crippen molar-refractivity contribution in [2.24, 2.45) is 5.73 Å². The quantitative estimate of drug-likeness (QED) is 0.311. The Morgan fingerprint density at radius 1 is 1.31 bits per heavy atom. The highest BCUT2D eigenvalue weighted by molar-refractivity contribution is 5.73. The largest absolute Gasteiger partial charge is 0.481 e. The molecular weight excluding hydrogens is 216 g/mol. The summed E-state index contributed by atoms with van der Waals surface area (Å²) in [4.78, 5) is 19.6. The lowest BCUT2D eigenvalue weighted by Gasteiger charge is -2.08. The molecule has 96 valence electrons. The van der Waals surface area contributed by atoms with Crippen LogP contribution in [0.25, 0.3) is 0 Å². The molecule has 0 fully saturated rings. The molecule has 0 aromatic carbocycles. The highest BCUT2D eigenvalue weighted by Gasteiger charge is 2.14. The Balaban J connectivity index is 0. The van der Waals surface area contributed by atoms with Gasteiger partial charge in [0.25, 0.3) is 0 Å². The minimum absolute atomic E-state index is 0.222. The van der Waals surface area contributed by atoms with Crippen LogP contribution in [0.1, 0.15) is 32.6 Å². The standard InChI is InChI=1S/C6H14N2O3.C3H6O2/c7-4-2-1-3-5(8-11)6(9)10;1-2-3(4)5/h5,8,11H,1-4,7H2,(H,9,10);2H2,1H3,(H,4,5)/t5-;/m0./s1. The van der Waals surface area contributed by atoms with E-state index in [4.69, 9.17) is 21.2 Å². The number of hydroxylamine groups is 1. The van der Waals surface area contributed by atoms with Gasteiger partial charge in [-0.15, -0.1) is 0 Å². The number of nitrogens with two attached hydrogens (primary N) is 1. The highest BCUT2D eigenvalue weighted by atomic mass is 16.5. The van der Waals surface area contributed by atoms with E-state index in [0.717, 1.165) is 6.42 Å². The Labute approximate surface area is 94.2 Å². The Morgan fingerprint density at radius 3 is 2.06 bits per heavy atom. The molecule has 0 aromatic heterocycles. The smallest absolute Gasteiger partial charge is 0.323 e. The third kappa shape index (κ3) is 12.8. The van der Waals surface area contributed by atoms with Crippen LogP contribution in [-0.2, 0) is 9.59 Å². The van der Waals surface area contributed by atoms with Crippen molar-refractivity contribution in [3.05, 3.63) is 0 Å². The van der Waals surface area contributed by atoms with E-state index in [9.17, 15) is 9.59 Å². The van der Waals surface area contributed by atoms with Gasteiger partial charge in [0.05, 0.1) is 0 Å². The van der Waals surface area contributed by atoms with Gasteiger partial charge in [0, 0.05) is 6.42 Å². The van der Waals surface area contributed by atoms with E-state index < -0.39 is 18.0 Å². The number of hydrogen-bond donors (Lipinski definition) is 5. The van der Waals surface area contributed by atoms with E-state index >= 15 is 0 Å². The second kappa shape index (κ2) is 11.9. The molecule has 0 saturated carbocycles. The van der Waals surface area contributed by atoms with E-state index in [2.05, 4.69) is 0 Å². The average Bonchev–Trinajstić information content (AvgIpc) is 2.24. The minimum Gasteiger partial charge on any atom is -0.481 e. The highest BCUT2D eigenvalue weighted by Crippen LogP contribution is 1.99. The van der Waals surface area contributed by atoms with Crippen molar-refractivity contribution in [1.29, 1.82) is 0 Å². The first-order valence-corrected chi connectivity index (χ1v) is 5.03. The summed E-state index contributed by atoms with van der Waals surface area (Å²) in [6, 6.07) is -0.860. The van der Waals surface area contributed by atoms with Gasteiger partial charge >= 0.3 is 11.9 Å². The molecule has 0 aliphatic carbocycles. The molecule has 0 heterocycles. The second-order valence-electron chi connectivity index (χ2n) is 3.05. The first kappa shape index (κ1) is 17.2. The summed E-state index contributed by atoms with van der Waals surface area (Å²) < 4.78 is 0. The van der Waals surface area contributed by atoms with Gasteiger partial charge < -0.3 is 21.2 Å². The van der Waals surface area contributed by atoms with Gasteiger partial charge in [0.15, 0.2) is 0 Å². The van der Waals surface area contributed by atoms with E-state index in [1.807, 2.05) is 0 Å². The third-order valence-electron chi connectivity index (χ3n) is 1.70. The average molecular weight is 236 g/mol. The maximum absolute atomic E-state index is 10.3. The zero-order valence-corrected chi connectivity index (χ0v) is 9.35. The molecule has 0 aliphatic heterocycles. The number of carbonyl (C=O) groups is 2. The molecule has 16 heavy (non-hydrogen) atoms. The lowest BCUT2D eigenvalue weighted by Crippen LogP contribution is -2.34. The number of rotatable bonds is 7. The number of hydrogen-bond acceptors (Lipinski definition) is 5. The molecule has 0 radical (unpaired) electrons. The number of carboxylic acid groups (broad SMARTS) is 2. The second-order valence-corrected chi connectivity index (χ2v) is 3.05. The molecule has 0 aromatic rings. The Kier molecular flexibility index (Phi) is 12.8. The summed E-state index contributed by atoms with van der Waals surface area (Å²) in [7, 11) is 0. The van der Waals surface area contributed by atoms with Gasteiger partial charge in [0.2, 0.25) is 0 Å². The number of unbranched alkanes of at least 4 members (excludes halogenated alkanes) is 1. The summed E-state index contributed by atoms with van der Waals surface area (Å²) in [5.41, 5.74) is 6.92. The number of carboxylic acids is 2. The van der Waals surface area contributed by atoms with Crippen molar-refractivity contribution in [1.82, 2.24) is 5.48 Å². The molecule has 6 N–H and O–H groups in total. The van der Waals surface area contributed by atoms with Crippen LogP contribution in [-0.4, -0.2) is 39.9 Å². The van der Waals surface area contributed by atoms with Crippen molar-refractivity contribution in [2.45, 2.75) is 38.6 Å². The SMILES string of the molecule is CCC(=O)O.NCCCC[C@H](NO)C(=O)O. The predicted octanol–water partition coefficient (Wildman–Crippen LogP) is 0.0284. The monoisotopic (exact) mass is 236 g/mol. The molecule has 0 amide bonds. The van der Waals surface area contributed by atoms with E-state index in [1.165, 1.54) is 0 Å². The molecule has 0 saturated heterocycles. The molecule has 0 spiro atoms. The van der Waals surface area contributed by atoms with Crippen LogP contribution in [0.3, 0.4) is 0 Å². The van der Waals surface area contributed by atoms with E-state index in [-0.39, 0.29) is 6.42 Å². The van der Waals surface area contributed by atoms with Crippen LogP contribution in [0.4, 0.5) is 0 Å². The van der Waals surface area contributed by atoms with Crippen molar-refractivity contribution in [3.8, 4) is 0 Å². The van der Waals surface area contributed by atoms with Crippen LogP contribution < -0.4 is 11.2 Å². The van der Waals surface area contributed by atoms with Gasteiger partial charge in [-0.2, -0.15) is 5.48 Å². The molecule has 0 aliphatic rings. The molecular formula is C9H20N2O5. The van der Waals surface area contributed by atoms with Crippen LogP contribution in [0.15, 0.2) is 0 Å². The van der Waals surface area contributed by atoms with Crippen LogP contribution >= 0.6 is 0 Å². The predicted molar refractivity (Wildman–Crippen MR) is 57.2 cm³/mol. The van der Waals surface area contributed by atoms with Crippen molar-refractivity contribution >= 4 is 11.9 Å². The van der Waals surface area contributed by atoms with Crippen LogP contribution in [0, 0.1) is 0 Å². The van der Waals surface area contributed by atoms with Gasteiger partial charge in [0.1, 0.15) is 6.04 Å². The molecule has 7 heteroatoms. The van der Waals surface area contributed by atoms with Gasteiger partial charge in [-0.3, -0.25) is 9.59 Å². The maximum Gasteiger partial charge on any atom is 0.323 e. The van der Waals surface area contributed by atoms with Crippen molar-refractivity contribution < 1.29 is 25.0 Å². The first-order chi connectivity index (χ1) is 7.49. The van der Waals surface area contributed by atoms with Gasteiger partial charge in [-0.05, 0) is 25.8 Å². The lowest BCUT2D eigenvalue weighted by molar-refractivity contribution is -0.142. The zero-order chi connectivity index (χ0) is 13.0. The first-order valence-electron chi connectivity index (χ1n) is 5.03. The lowest BCUT2D eigenvalue weighted by atomic mass is 10.1. The molecule has 0 bridgehead atoms. The Bertz CT molecular complexity index is 198. The summed E-state index contributed by atoms with van der Waals surface area (Å²) in [6.07, 6.45) is 2.12. The summed E-state index contributed by atoms with van der Waals surface area (Å²) in [5.74, 6) is -1.78.